The summed E-state index contributed by atoms with van der Waals surface area (Å²) >= 11 is 5.89. The number of nitrogens with one attached hydrogen (secondary N) is 1. The van der Waals surface area contributed by atoms with Gasteiger partial charge in [0.25, 0.3) is 0 Å². The summed E-state index contributed by atoms with van der Waals surface area (Å²) in [5, 5.41) is 4.33. The maximum Gasteiger partial charge on any atom is 0.0406 e. The molecule has 0 saturated heterocycles. The Morgan fingerprint density at radius 1 is 0.889 bits per heavy atom. The van der Waals surface area contributed by atoms with Crippen LogP contribution in [-0.2, 0) is 0 Å². The molecule has 1 heterocycles. The first-order valence-electron chi connectivity index (χ1n) is 6.08. The number of hydrogen-bond acceptors (Lipinski definition) is 2. The molecule has 0 fully saturated rings. The van der Waals surface area contributed by atoms with Crippen molar-refractivity contribution in [3.05, 3.63) is 64.9 Å². The monoisotopic (exact) mass is 260 g/mol. The fraction of sp³-hybridized carbons (Fsp3) is 0.267. The lowest BCUT2D eigenvalue weighted by molar-refractivity contribution is 0.494. The third kappa shape index (κ3) is 3.31. The fourth-order valence-corrected chi connectivity index (χ4v) is 2.10. The number of halogens is 1. The van der Waals surface area contributed by atoms with Crippen LogP contribution >= 0.6 is 11.6 Å². The Morgan fingerprint density at radius 2 is 1.39 bits per heavy atom. The van der Waals surface area contributed by atoms with Crippen molar-refractivity contribution in [3.8, 4) is 0 Å². The lowest BCUT2D eigenvalue weighted by Crippen LogP contribution is -2.22. The minimum absolute atomic E-state index is 0.283. The molecular weight excluding hydrogens is 244 g/mol. The first-order chi connectivity index (χ1) is 8.66. The number of nitrogens with zero attached hydrogens (tertiary/aromatic N) is 1. The van der Waals surface area contributed by atoms with Gasteiger partial charge in [0.05, 0.1) is 0 Å². The molecule has 0 saturated carbocycles. The number of rotatable bonds is 4. The van der Waals surface area contributed by atoms with Crippen molar-refractivity contribution in [2.24, 2.45) is 0 Å². The second kappa shape index (κ2) is 5.98. The molecule has 0 spiro atoms. The number of pyridine rings is 1. The van der Waals surface area contributed by atoms with Crippen molar-refractivity contribution in [3.63, 3.8) is 0 Å². The molecule has 0 bridgehead atoms. The Balaban J connectivity index is 2.03. The van der Waals surface area contributed by atoms with Gasteiger partial charge in [0.1, 0.15) is 0 Å². The maximum absolute atomic E-state index is 5.89. The summed E-state index contributed by atoms with van der Waals surface area (Å²) < 4.78 is 0. The minimum atomic E-state index is 0.283. The van der Waals surface area contributed by atoms with Crippen molar-refractivity contribution in [1.29, 1.82) is 0 Å². The van der Waals surface area contributed by atoms with E-state index >= 15 is 0 Å². The van der Waals surface area contributed by atoms with E-state index in [1.165, 1.54) is 11.1 Å². The second-order valence-electron chi connectivity index (χ2n) is 4.44. The van der Waals surface area contributed by atoms with Gasteiger partial charge in [-0.05, 0) is 49.2 Å². The molecule has 2 aromatic rings. The molecule has 3 heteroatoms. The molecular formula is C15H17ClN2. The molecule has 1 aromatic heterocycles. The van der Waals surface area contributed by atoms with Crippen LogP contribution in [-0.4, -0.2) is 4.98 Å². The van der Waals surface area contributed by atoms with E-state index in [-0.39, 0.29) is 6.04 Å². The van der Waals surface area contributed by atoms with Crippen LogP contribution in [0.5, 0.6) is 0 Å². The summed E-state index contributed by atoms with van der Waals surface area (Å²) in [6.45, 7) is 4.31. The van der Waals surface area contributed by atoms with E-state index in [4.69, 9.17) is 11.6 Å². The summed E-state index contributed by atoms with van der Waals surface area (Å²) in [7, 11) is 0. The normalized spacial score (nSPS) is 14.2. The molecule has 2 nitrogen and oxygen atoms in total. The van der Waals surface area contributed by atoms with Crippen LogP contribution in [0.2, 0.25) is 5.02 Å². The van der Waals surface area contributed by atoms with E-state index in [9.17, 15) is 0 Å². The summed E-state index contributed by atoms with van der Waals surface area (Å²) in [5.41, 5.74) is 2.48. The maximum atomic E-state index is 5.89. The average Bonchev–Trinajstić information content (AvgIpc) is 2.40. The van der Waals surface area contributed by atoms with Gasteiger partial charge < -0.3 is 5.32 Å². The number of aromatic nitrogens is 1. The van der Waals surface area contributed by atoms with Gasteiger partial charge in [-0.3, -0.25) is 4.98 Å². The lowest BCUT2D eigenvalue weighted by Gasteiger charge is -2.20. The first kappa shape index (κ1) is 13.1. The molecule has 1 N–H and O–H groups in total. The Bertz CT molecular complexity index is 482. The molecule has 94 valence electrons. The van der Waals surface area contributed by atoms with Gasteiger partial charge in [-0.2, -0.15) is 0 Å². The minimum Gasteiger partial charge on any atom is -0.304 e. The standard InChI is InChI=1S/C15H17ClN2/c1-11(13-3-5-15(16)6-4-13)18-12(2)14-7-9-17-10-8-14/h3-12,18H,1-2H3/t11?,12-/m0/s1. The van der Waals surface area contributed by atoms with Crippen LogP contribution in [0, 0.1) is 0 Å². The topological polar surface area (TPSA) is 24.9 Å². The smallest absolute Gasteiger partial charge is 0.0406 e. The summed E-state index contributed by atoms with van der Waals surface area (Å²) in [5.74, 6) is 0. The van der Waals surface area contributed by atoms with E-state index in [0.29, 0.717) is 6.04 Å². The Hall–Kier alpha value is -1.38. The van der Waals surface area contributed by atoms with Crippen LogP contribution in [0.3, 0.4) is 0 Å². The SMILES string of the molecule is CC(N[C@@H](C)c1ccncc1)c1ccc(Cl)cc1. The Kier molecular flexibility index (Phi) is 4.34. The highest BCUT2D eigenvalue weighted by molar-refractivity contribution is 6.30. The molecule has 1 unspecified atom stereocenters. The highest BCUT2D eigenvalue weighted by Crippen LogP contribution is 2.20. The van der Waals surface area contributed by atoms with Crippen molar-refractivity contribution < 1.29 is 0 Å². The fourth-order valence-electron chi connectivity index (χ4n) is 1.97. The second-order valence-corrected chi connectivity index (χ2v) is 4.88. The third-order valence-corrected chi connectivity index (χ3v) is 3.33. The predicted molar refractivity (Wildman–Crippen MR) is 75.7 cm³/mol. The van der Waals surface area contributed by atoms with E-state index < -0.39 is 0 Å². The van der Waals surface area contributed by atoms with Gasteiger partial charge in [0, 0.05) is 29.5 Å². The summed E-state index contributed by atoms with van der Waals surface area (Å²) in [4.78, 5) is 4.03. The predicted octanol–water partition coefficient (Wildman–Crippen LogP) is 4.15. The van der Waals surface area contributed by atoms with Gasteiger partial charge in [0.15, 0.2) is 0 Å². The largest absolute Gasteiger partial charge is 0.304 e. The molecule has 2 atom stereocenters. The van der Waals surface area contributed by atoms with E-state index in [1.54, 1.807) is 0 Å². The summed E-state index contributed by atoms with van der Waals surface area (Å²) in [6, 6.07) is 12.6. The quantitative estimate of drug-likeness (QED) is 0.893. The van der Waals surface area contributed by atoms with E-state index in [1.807, 2.05) is 36.7 Å². The highest BCUT2D eigenvalue weighted by atomic mass is 35.5. The van der Waals surface area contributed by atoms with E-state index in [0.717, 1.165) is 5.02 Å². The molecule has 0 radical (unpaired) electrons. The lowest BCUT2D eigenvalue weighted by atomic mass is 10.1. The van der Waals surface area contributed by atoms with Crippen molar-refractivity contribution in [2.75, 3.05) is 0 Å². The van der Waals surface area contributed by atoms with Gasteiger partial charge in [0.2, 0.25) is 0 Å². The zero-order valence-electron chi connectivity index (χ0n) is 10.6. The number of hydrogen-bond donors (Lipinski definition) is 1. The molecule has 1 aromatic carbocycles. The van der Waals surface area contributed by atoms with Crippen LogP contribution in [0.4, 0.5) is 0 Å². The summed E-state index contributed by atoms with van der Waals surface area (Å²) in [6.07, 6.45) is 3.64. The highest BCUT2D eigenvalue weighted by Gasteiger charge is 2.10. The third-order valence-electron chi connectivity index (χ3n) is 3.08. The van der Waals surface area contributed by atoms with Crippen molar-refractivity contribution in [2.45, 2.75) is 25.9 Å². The van der Waals surface area contributed by atoms with Crippen molar-refractivity contribution in [1.82, 2.24) is 10.3 Å². The van der Waals surface area contributed by atoms with Crippen LogP contribution in [0.1, 0.15) is 37.1 Å². The molecule has 0 aliphatic rings. The van der Waals surface area contributed by atoms with E-state index in [2.05, 4.69) is 36.3 Å². The van der Waals surface area contributed by atoms with Gasteiger partial charge in [-0.15, -0.1) is 0 Å². The van der Waals surface area contributed by atoms with Gasteiger partial charge >= 0.3 is 0 Å². The van der Waals surface area contributed by atoms with Crippen LogP contribution in [0.15, 0.2) is 48.8 Å². The average molecular weight is 261 g/mol. The number of benzene rings is 1. The van der Waals surface area contributed by atoms with Crippen LogP contribution < -0.4 is 5.32 Å². The van der Waals surface area contributed by atoms with Gasteiger partial charge in [-0.25, -0.2) is 0 Å². The first-order valence-corrected chi connectivity index (χ1v) is 6.46. The molecule has 18 heavy (non-hydrogen) atoms. The molecule has 0 aliphatic heterocycles. The molecule has 0 amide bonds. The Morgan fingerprint density at radius 3 is 1.94 bits per heavy atom. The zero-order chi connectivity index (χ0) is 13.0. The molecule has 2 rings (SSSR count). The Labute approximate surface area is 113 Å². The van der Waals surface area contributed by atoms with Gasteiger partial charge in [-0.1, -0.05) is 23.7 Å². The van der Waals surface area contributed by atoms with Crippen LogP contribution in [0.25, 0.3) is 0 Å². The molecule has 0 aliphatic carbocycles. The van der Waals surface area contributed by atoms with Crippen molar-refractivity contribution >= 4 is 11.6 Å². The zero-order valence-corrected chi connectivity index (χ0v) is 11.4.